The van der Waals surface area contributed by atoms with Gasteiger partial charge in [0.05, 0.1) is 11.3 Å². The van der Waals surface area contributed by atoms with Crippen LogP contribution in [0.4, 0.5) is 5.69 Å². The van der Waals surface area contributed by atoms with Crippen molar-refractivity contribution in [2.24, 2.45) is 0 Å². The zero-order chi connectivity index (χ0) is 18.6. The highest BCUT2D eigenvalue weighted by Crippen LogP contribution is 2.18. The molecule has 1 N–H and O–H groups in total. The number of sulfonamides is 1. The molecule has 2 aromatic rings. The number of hydrogen-bond donors (Lipinski definition) is 1. The first-order valence-corrected chi connectivity index (χ1v) is 9.55. The Labute approximate surface area is 149 Å². The Kier molecular flexibility index (Phi) is 5.98. The Morgan fingerprint density at radius 2 is 1.56 bits per heavy atom. The number of anilines is 1. The smallest absolute Gasteiger partial charge is 0.242 e. The molecule has 0 saturated heterocycles. The van der Waals surface area contributed by atoms with E-state index in [0.29, 0.717) is 5.92 Å². The fourth-order valence-corrected chi connectivity index (χ4v) is 3.23. The minimum absolute atomic E-state index is 0.138. The summed E-state index contributed by atoms with van der Waals surface area (Å²) in [6, 6.07) is 14.2. The third-order valence-corrected chi connectivity index (χ3v) is 5.76. The molecule has 0 unspecified atom stereocenters. The lowest BCUT2D eigenvalue weighted by molar-refractivity contribution is -0.115. The normalized spacial score (nSPS) is 11.8. The molecule has 134 valence electrons. The lowest BCUT2D eigenvalue weighted by atomic mass is 10.0. The molecule has 0 radical (unpaired) electrons. The lowest BCUT2D eigenvalue weighted by Crippen LogP contribution is -2.22. The zero-order valence-corrected chi connectivity index (χ0v) is 15.8. The van der Waals surface area contributed by atoms with Gasteiger partial charge in [-0.25, -0.2) is 12.7 Å². The van der Waals surface area contributed by atoms with Gasteiger partial charge in [0.1, 0.15) is 0 Å². The molecule has 5 nitrogen and oxygen atoms in total. The van der Waals surface area contributed by atoms with Gasteiger partial charge >= 0.3 is 0 Å². The van der Waals surface area contributed by atoms with Gasteiger partial charge in [0.2, 0.25) is 15.9 Å². The summed E-state index contributed by atoms with van der Waals surface area (Å²) in [4.78, 5) is 12.4. The summed E-state index contributed by atoms with van der Waals surface area (Å²) in [6.07, 6.45) is 0.189. The van der Waals surface area contributed by atoms with E-state index >= 15 is 0 Å². The largest absolute Gasteiger partial charge is 0.326 e. The van der Waals surface area contributed by atoms with Gasteiger partial charge in [-0.05, 0) is 41.3 Å². The van der Waals surface area contributed by atoms with Crippen LogP contribution in [0.25, 0.3) is 0 Å². The highest BCUT2D eigenvalue weighted by atomic mass is 32.2. The SMILES string of the molecule is CC(C)c1ccc(NC(=O)Cc2ccc(S(=O)(=O)N(C)C)cc2)cc1. The molecule has 0 aliphatic rings. The van der Waals surface area contributed by atoms with Gasteiger partial charge in [-0.2, -0.15) is 0 Å². The van der Waals surface area contributed by atoms with Gasteiger partial charge in [0, 0.05) is 19.8 Å². The quantitative estimate of drug-likeness (QED) is 0.860. The molecule has 2 rings (SSSR count). The number of benzene rings is 2. The maximum atomic E-state index is 12.2. The summed E-state index contributed by atoms with van der Waals surface area (Å²) >= 11 is 0. The fraction of sp³-hybridized carbons (Fsp3) is 0.316. The number of rotatable bonds is 6. The highest BCUT2D eigenvalue weighted by Gasteiger charge is 2.16. The predicted molar refractivity (Wildman–Crippen MR) is 100 cm³/mol. The standard InChI is InChI=1S/C19H24N2O3S/c1-14(2)16-7-9-17(10-8-16)20-19(22)13-15-5-11-18(12-6-15)25(23,24)21(3)4/h5-12,14H,13H2,1-4H3,(H,20,22). The van der Waals surface area contributed by atoms with Crippen LogP contribution in [0.1, 0.15) is 30.9 Å². The third-order valence-electron chi connectivity index (χ3n) is 3.93. The minimum Gasteiger partial charge on any atom is -0.326 e. The first-order valence-electron chi connectivity index (χ1n) is 8.11. The molecule has 0 heterocycles. The molecule has 2 aromatic carbocycles. The molecule has 0 fully saturated rings. The second kappa shape index (κ2) is 7.80. The van der Waals surface area contributed by atoms with E-state index in [0.717, 1.165) is 15.6 Å². The first-order chi connectivity index (χ1) is 11.7. The van der Waals surface area contributed by atoms with E-state index in [-0.39, 0.29) is 17.2 Å². The van der Waals surface area contributed by atoms with Crippen molar-refractivity contribution in [2.75, 3.05) is 19.4 Å². The molecule has 6 heteroatoms. The van der Waals surface area contributed by atoms with E-state index in [1.165, 1.54) is 31.8 Å². The van der Waals surface area contributed by atoms with Crippen molar-refractivity contribution in [3.8, 4) is 0 Å². The fourth-order valence-electron chi connectivity index (χ4n) is 2.33. The van der Waals surface area contributed by atoms with Crippen molar-refractivity contribution in [1.82, 2.24) is 4.31 Å². The zero-order valence-electron chi connectivity index (χ0n) is 15.0. The summed E-state index contributed by atoms with van der Waals surface area (Å²) in [6.45, 7) is 4.24. The number of amides is 1. The summed E-state index contributed by atoms with van der Waals surface area (Å²) in [5.41, 5.74) is 2.73. The number of carbonyl (C=O) groups is 1. The summed E-state index contributed by atoms with van der Waals surface area (Å²) in [5, 5.41) is 2.85. The van der Waals surface area contributed by atoms with Crippen LogP contribution in [0, 0.1) is 0 Å². The van der Waals surface area contributed by atoms with Crippen LogP contribution >= 0.6 is 0 Å². The molecule has 0 bridgehead atoms. The number of carbonyl (C=O) groups excluding carboxylic acids is 1. The average molecular weight is 360 g/mol. The van der Waals surface area contributed by atoms with Gasteiger partial charge in [-0.1, -0.05) is 38.1 Å². The molecule has 1 amide bonds. The Bertz CT molecular complexity index is 824. The minimum atomic E-state index is -3.45. The summed E-state index contributed by atoms with van der Waals surface area (Å²) in [7, 11) is -0.474. The Balaban J connectivity index is 2.01. The molecule has 0 spiro atoms. The first kappa shape index (κ1) is 19.1. The summed E-state index contributed by atoms with van der Waals surface area (Å²) in [5.74, 6) is 0.308. The molecular weight excluding hydrogens is 336 g/mol. The van der Waals surface area contributed by atoms with Crippen molar-refractivity contribution in [2.45, 2.75) is 31.1 Å². The van der Waals surface area contributed by atoms with E-state index in [4.69, 9.17) is 0 Å². The molecule has 0 aromatic heterocycles. The number of hydrogen-bond acceptors (Lipinski definition) is 3. The molecule has 0 aliphatic heterocycles. The van der Waals surface area contributed by atoms with Crippen LogP contribution in [-0.4, -0.2) is 32.7 Å². The maximum absolute atomic E-state index is 12.2. The van der Waals surface area contributed by atoms with E-state index < -0.39 is 10.0 Å². The van der Waals surface area contributed by atoms with Crippen molar-refractivity contribution in [1.29, 1.82) is 0 Å². The van der Waals surface area contributed by atoms with Gasteiger partial charge in [0.25, 0.3) is 0 Å². The van der Waals surface area contributed by atoms with Crippen LogP contribution in [0.15, 0.2) is 53.4 Å². The second-order valence-electron chi connectivity index (χ2n) is 6.43. The van der Waals surface area contributed by atoms with E-state index in [2.05, 4.69) is 19.2 Å². The molecule has 25 heavy (non-hydrogen) atoms. The monoisotopic (exact) mass is 360 g/mol. The summed E-state index contributed by atoms with van der Waals surface area (Å²) < 4.78 is 25.2. The Hall–Kier alpha value is -2.18. The van der Waals surface area contributed by atoms with Crippen molar-refractivity contribution in [3.05, 3.63) is 59.7 Å². The topological polar surface area (TPSA) is 66.5 Å². The average Bonchev–Trinajstić information content (AvgIpc) is 2.55. The molecular formula is C19H24N2O3S. The van der Waals surface area contributed by atoms with Crippen LogP contribution < -0.4 is 5.32 Å². The van der Waals surface area contributed by atoms with E-state index in [1.54, 1.807) is 12.1 Å². The maximum Gasteiger partial charge on any atom is 0.242 e. The highest BCUT2D eigenvalue weighted by molar-refractivity contribution is 7.89. The van der Waals surface area contributed by atoms with E-state index in [1.807, 2.05) is 24.3 Å². The Morgan fingerprint density at radius 1 is 1.00 bits per heavy atom. The second-order valence-corrected chi connectivity index (χ2v) is 8.58. The van der Waals surface area contributed by atoms with Crippen LogP contribution in [0.5, 0.6) is 0 Å². The van der Waals surface area contributed by atoms with Crippen molar-refractivity contribution in [3.63, 3.8) is 0 Å². The van der Waals surface area contributed by atoms with Gasteiger partial charge < -0.3 is 5.32 Å². The van der Waals surface area contributed by atoms with Gasteiger partial charge in [0.15, 0.2) is 0 Å². The molecule has 0 atom stereocenters. The van der Waals surface area contributed by atoms with Crippen LogP contribution in [0.3, 0.4) is 0 Å². The predicted octanol–water partition coefficient (Wildman–Crippen LogP) is 3.24. The van der Waals surface area contributed by atoms with Crippen LogP contribution in [-0.2, 0) is 21.2 Å². The van der Waals surface area contributed by atoms with Gasteiger partial charge in [-0.3, -0.25) is 4.79 Å². The molecule has 0 saturated carbocycles. The molecule has 0 aliphatic carbocycles. The van der Waals surface area contributed by atoms with Crippen molar-refractivity contribution < 1.29 is 13.2 Å². The van der Waals surface area contributed by atoms with Crippen LogP contribution in [0.2, 0.25) is 0 Å². The number of nitrogens with one attached hydrogen (secondary N) is 1. The Morgan fingerprint density at radius 3 is 2.04 bits per heavy atom. The van der Waals surface area contributed by atoms with Crippen molar-refractivity contribution >= 4 is 21.6 Å². The number of nitrogens with zero attached hydrogens (tertiary/aromatic N) is 1. The third kappa shape index (κ3) is 4.90. The lowest BCUT2D eigenvalue weighted by Gasteiger charge is -2.12. The van der Waals surface area contributed by atoms with Gasteiger partial charge in [-0.15, -0.1) is 0 Å². The van der Waals surface area contributed by atoms with E-state index in [9.17, 15) is 13.2 Å².